The average molecular weight is 380 g/mol. The smallest absolute Gasteiger partial charge is 0.309 e. The molecule has 0 spiro atoms. The predicted octanol–water partition coefficient (Wildman–Crippen LogP) is 3.44. The zero-order chi connectivity index (χ0) is 19.2. The first-order valence-electron chi connectivity index (χ1n) is 10.4. The quantitative estimate of drug-likeness (QED) is 0.779. The number of fused-ring (bicyclic) bond motifs is 1. The van der Waals surface area contributed by atoms with E-state index in [-0.39, 0.29) is 11.9 Å². The molecule has 2 aromatic rings. The molecule has 0 saturated carbocycles. The number of benzene rings is 1. The number of anilines is 1. The lowest BCUT2D eigenvalue weighted by molar-refractivity contribution is -0.151. The van der Waals surface area contributed by atoms with Gasteiger partial charge in [0.25, 0.3) is 0 Å². The number of pyridine rings is 1. The van der Waals surface area contributed by atoms with Gasteiger partial charge in [0.1, 0.15) is 12.4 Å². The number of aromatic nitrogens is 1. The number of rotatable bonds is 6. The van der Waals surface area contributed by atoms with E-state index in [1.54, 1.807) is 0 Å². The predicted molar refractivity (Wildman–Crippen MR) is 110 cm³/mol. The van der Waals surface area contributed by atoms with Gasteiger partial charge in [0, 0.05) is 25.2 Å². The van der Waals surface area contributed by atoms with Crippen LogP contribution >= 0.6 is 0 Å². The average Bonchev–Trinajstić information content (AvgIpc) is 2.77. The second kappa shape index (κ2) is 9.20. The van der Waals surface area contributed by atoms with Crippen molar-refractivity contribution in [3.8, 4) is 0 Å². The second-order valence-corrected chi connectivity index (χ2v) is 7.80. The Balaban J connectivity index is 1.19. The summed E-state index contributed by atoms with van der Waals surface area (Å²) in [6, 6.07) is 14.3. The van der Waals surface area contributed by atoms with Gasteiger partial charge in [0.15, 0.2) is 0 Å². The summed E-state index contributed by atoms with van der Waals surface area (Å²) >= 11 is 0. The number of piperidine rings is 1. The maximum Gasteiger partial charge on any atom is 0.309 e. The molecule has 0 unspecified atom stereocenters. The van der Waals surface area contributed by atoms with Crippen LogP contribution in [0.25, 0.3) is 0 Å². The fourth-order valence-corrected chi connectivity index (χ4v) is 4.02. The monoisotopic (exact) mass is 379 g/mol. The van der Waals surface area contributed by atoms with Gasteiger partial charge in [0.2, 0.25) is 0 Å². The third-order valence-electron chi connectivity index (χ3n) is 5.78. The Morgan fingerprint density at radius 2 is 1.96 bits per heavy atom. The third-order valence-corrected chi connectivity index (χ3v) is 5.78. The van der Waals surface area contributed by atoms with Crippen LogP contribution in [0.5, 0.6) is 0 Å². The van der Waals surface area contributed by atoms with Crippen LogP contribution in [0.4, 0.5) is 5.82 Å². The number of nitrogens with one attached hydrogen (secondary N) is 1. The van der Waals surface area contributed by atoms with Gasteiger partial charge in [-0.2, -0.15) is 0 Å². The van der Waals surface area contributed by atoms with Crippen LogP contribution in [-0.4, -0.2) is 42.0 Å². The Labute approximate surface area is 167 Å². The van der Waals surface area contributed by atoms with E-state index < -0.39 is 0 Å². The van der Waals surface area contributed by atoms with Gasteiger partial charge in [-0.3, -0.25) is 4.79 Å². The molecule has 4 rings (SSSR count). The highest BCUT2D eigenvalue weighted by Gasteiger charge is 2.26. The molecule has 148 valence electrons. The molecule has 1 saturated heterocycles. The summed E-state index contributed by atoms with van der Waals surface area (Å²) in [6.45, 7) is 4.30. The standard InChI is InChI=1S/C23H29N3O2/c27-23(28-17-18-5-2-1-3-6-18)20-10-14-26(15-11-20)16-12-21-9-8-19-7-4-13-24-22(19)25-21/h1-3,5-6,8-9,20H,4,7,10-17H2,(H,24,25). The summed E-state index contributed by atoms with van der Waals surface area (Å²) in [5, 5.41) is 3.41. The van der Waals surface area contributed by atoms with E-state index in [1.165, 1.54) is 12.0 Å². The summed E-state index contributed by atoms with van der Waals surface area (Å²) in [6.07, 6.45) is 5.04. The van der Waals surface area contributed by atoms with E-state index in [0.29, 0.717) is 6.61 Å². The zero-order valence-electron chi connectivity index (χ0n) is 16.4. The molecule has 0 aliphatic carbocycles. The van der Waals surface area contributed by atoms with E-state index in [4.69, 9.17) is 9.72 Å². The number of ether oxygens (including phenoxy) is 1. The Morgan fingerprint density at radius 3 is 2.79 bits per heavy atom. The fourth-order valence-electron chi connectivity index (χ4n) is 4.02. The first-order valence-corrected chi connectivity index (χ1v) is 10.4. The molecule has 2 aliphatic rings. The van der Waals surface area contributed by atoms with E-state index >= 15 is 0 Å². The molecular formula is C23H29N3O2. The van der Waals surface area contributed by atoms with Crippen molar-refractivity contribution in [3.63, 3.8) is 0 Å². The lowest BCUT2D eigenvalue weighted by Gasteiger charge is -2.30. The van der Waals surface area contributed by atoms with Gasteiger partial charge in [-0.05, 0) is 56.0 Å². The molecule has 2 aliphatic heterocycles. The molecule has 1 N–H and O–H groups in total. The van der Waals surface area contributed by atoms with E-state index in [1.807, 2.05) is 30.3 Å². The van der Waals surface area contributed by atoms with Crippen molar-refractivity contribution in [1.82, 2.24) is 9.88 Å². The number of hydrogen-bond acceptors (Lipinski definition) is 5. The van der Waals surface area contributed by atoms with Crippen LogP contribution in [0.3, 0.4) is 0 Å². The molecule has 1 aromatic heterocycles. The highest BCUT2D eigenvalue weighted by Crippen LogP contribution is 2.22. The van der Waals surface area contributed by atoms with Crippen molar-refractivity contribution in [2.24, 2.45) is 5.92 Å². The SMILES string of the molecule is O=C(OCc1ccccc1)C1CCN(CCc2ccc3c(n2)NCCC3)CC1. The molecule has 3 heterocycles. The van der Waals surface area contributed by atoms with Gasteiger partial charge in [-0.15, -0.1) is 0 Å². The Bertz CT molecular complexity index is 786. The van der Waals surface area contributed by atoms with Crippen molar-refractivity contribution in [2.75, 3.05) is 31.5 Å². The number of hydrogen-bond donors (Lipinski definition) is 1. The number of carbonyl (C=O) groups is 1. The van der Waals surface area contributed by atoms with Gasteiger partial charge in [0.05, 0.1) is 5.92 Å². The summed E-state index contributed by atoms with van der Waals surface area (Å²) < 4.78 is 5.51. The van der Waals surface area contributed by atoms with Crippen LogP contribution in [0.1, 0.15) is 36.1 Å². The molecule has 1 aromatic carbocycles. The normalized spacial score (nSPS) is 17.6. The molecule has 1 fully saturated rings. The minimum Gasteiger partial charge on any atom is -0.461 e. The Hall–Kier alpha value is -2.40. The number of carbonyl (C=O) groups excluding carboxylic acids is 1. The van der Waals surface area contributed by atoms with Crippen LogP contribution in [0.15, 0.2) is 42.5 Å². The van der Waals surface area contributed by atoms with E-state index in [2.05, 4.69) is 22.3 Å². The summed E-state index contributed by atoms with van der Waals surface area (Å²) in [7, 11) is 0. The van der Waals surface area contributed by atoms with Crippen molar-refractivity contribution >= 4 is 11.8 Å². The van der Waals surface area contributed by atoms with Gasteiger partial charge in [-0.25, -0.2) is 4.98 Å². The Kier molecular flexibility index (Phi) is 6.22. The molecule has 0 amide bonds. The highest BCUT2D eigenvalue weighted by atomic mass is 16.5. The van der Waals surface area contributed by atoms with Crippen molar-refractivity contribution < 1.29 is 9.53 Å². The van der Waals surface area contributed by atoms with Crippen molar-refractivity contribution in [3.05, 3.63) is 59.3 Å². The molecule has 0 bridgehead atoms. The van der Waals surface area contributed by atoms with Crippen LogP contribution < -0.4 is 5.32 Å². The van der Waals surface area contributed by atoms with Crippen molar-refractivity contribution in [1.29, 1.82) is 0 Å². The summed E-state index contributed by atoms with van der Waals surface area (Å²) in [5.74, 6) is 1.06. The van der Waals surface area contributed by atoms with Gasteiger partial charge >= 0.3 is 5.97 Å². The van der Waals surface area contributed by atoms with Crippen LogP contribution in [-0.2, 0) is 29.0 Å². The molecule has 5 nitrogen and oxygen atoms in total. The maximum atomic E-state index is 12.3. The zero-order valence-corrected chi connectivity index (χ0v) is 16.4. The van der Waals surface area contributed by atoms with Gasteiger partial charge in [-0.1, -0.05) is 36.4 Å². The second-order valence-electron chi connectivity index (χ2n) is 7.80. The molecule has 28 heavy (non-hydrogen) atoms. The molecule has 0 atom stereocenters. The van der Waals surface area contributed by atoms with Crippen LogP contribution in [0.2, 0.25) is 0 Å². The summed E-state index contributed by atoms with van der Waals surface area (Å²) in [5.41, 5.74) is 3.53. The number of aryl methyl sites for hydroxylation is 1. The minimum atomic E-state index is -0.0501. The lowest BCUT2D eigenvalue weighted by Crippen LogP contribution is -2.38. The summed E-state index contributed by atoms with van der Waals surface area (Å²) in [4.78, 5) is 19.6. The molecule has 0 radical (unpaired) electrons. The Morgan fingerprint density at radius 1 is 1.14 bits per heavy atom. The maximum absolute atomic E-state index is 12.3. The largest absolute Gasteiger partial charge is 0.461 e. The minimum absolute atomic E-state index is 0.0334. The van der Waals surface area contributed by atoms with Crippen LogP contribution in [0, 0.1) is 5.92 Å². The number of nitrogens with zero attached hydrogens (tertiary/aromatic N) is 2. The van der Waals surface area contributed by atoms with E-state index in [9.17, 15) is 4.79 Å². The molecule has 5 heteroatoms. The third kappa shape index (κ3) is 4.90. The molecular weight excluding hydrogens is 350 g/mol. The first kappa shape index (κ1) is 18.9. The highest BCUT2D eigenvalue weighted by molar-refractivity contribution is 5.72. The topological polar surface area (TPSA) is 54.5 Å². The fraction of sp³-hybridized carbons (Fsp3) is 0.478. The lowest BCUT2D eigenvalue weighted by atomic mass is 9.97. The number of likely N-dealkylation sites (tertiary alicyclic amines) is 1. The van der Waals surface area contributed by atoms with Gasteiger partial charge < -0.3 is 15.0 Å². The van der Waals surface area contributed by atoms with Crippen molar-refractivity contribution in [2.45, 2.75) is 38.7 Å². The number of esters is 1. The van der Waals surface area contributed by atoms with E-state index in [0.717, 1.165) is 68.9 Å². The first-order chi connectivity index (χ1) is 13.8.